The average molecular weight is 411 g/mol. The quantitative estimate of drug-likeness (QED) is 0.256. The van der Waals surface area contributed by atoms with Gasteiger partial charge in [0.05, 0.1) is 22.5 Å². The highest BCUT2D eigenvalue weighted by Crippen LogP contribution is 2.26. The largest absolute Gasteiger partial charge is 0.508 e. The van der Waals surface area contributed by atoms with Crippen molar-refractivity contribution in [3.63, 3.8) is 0 Å². The molecule has 0 saturated heterocycles. The molecule has 1 aromatic heterocycles. The summed E-state index contributed by atoms with van der Waals surface area (Å²) in [7, 11) is 0. The lowest BCUT2D eigenvalue weighted by Crippen LogP contribution is -2.20. The molecule has 0 aliphatic carbocycles. The number of fused-ring (bicyclic) bond motifs is 1. The Bertz CT molecular complexity index is 1310. The summed E-state index contributed by atoms with van der Waals surface area (Å²) in [4.78, 5) is 17.7. The lowest BCUT2D eigenvalue weighted by molar-refractivity contribution is 0.0956. The van der Waals surface area contributed by atoms with E-state index in [1.807, 2.05) is 55.5 Å². The zero-order valence-corrected chi connectivity index (χ0v) is 17.1. The minimum Gasteiger partial charge on any atom is -0.508 e. The van der Waals surface area contributed by atoms with E-state index in [1.54, 1.807) is 13.0 Å². The molecular weight excluding hydrogens is 390 g/mol. The third-order valence-electron chi connectivity index (χ3n) is 5.00. The van der Waals surface area contributed by atoms with Crippen molar-refractivity contribution in [1.82, 2.24) is 10.4 Å². The second-order valence-electron chi connectivity index (χ2n) is 7.28. The molecule has 0 saturated carbocycles. The van der Waals surface area contributed by atoms with Crippen LogP contribution in [0.25, 0.3) is 22.2 Å². The second-order valence-corrected chi connectivity index (χ2v) is 7.28. The van der Waals surface area contributed by atoms with Gasteiger partial charge in [0, 0.05) is 16.5 Å². The van der Waals surface area contributed by atoms with Gasteiger partial charge in [0.2, 0.25) is 0 Å². The van der Waals surface area contributed by atoms with Crippen LogP contribution in [0.3, 0.4) is 0 Å². The summed E-state index contributed by atoms with van der Waals surface area (Å²) in [5.41, 5.74) is 7.14. The number of hydrogen-bond donors (Lipinski definition) is 3. The van der Waals surface area contributed by atoms with Crippen molar-refractivity contribution in [2.45, 2.75) is 13.8 Å². The number of hydrogen-bond acceptors (Lipinski definition) is 5. The molecule has 154 valence electrons. The number of benzene rings is 3. The number of para-hydroxylation sites is 1. The fourth-order valence-corrected chi connectivity index (χ4v) is 3.30. The van der Waals surface area contributed by atoms with Crippen LogP contribution in [0.1, 0.15) is 28.4 Å². The van der Waals surface area contributed by atoms with Crippen LogP contribution < -0.4 is 5.43 Å². The van der Waals surface area contributed by atoms with Crippen molar-refractivity contribution in [2.24, 2.45) is 5.10 Å². The minimum absolute atomic E-state index is 0.00320. The van der Waals surface area contributed by atoms with Gasteiger partial charge in [0.1, 0.15) is 11.5 Å². The molecule has 0 spiro atoms. The fraction of sp³-hybridized carbons (Fsp3) is 0.0800. The number of nitrogens with one attached hydrogen (secondary N) is 1. The molecule has 3 aromatic carbocycles. The van der Waals surface area contributed by atoms with Gasteiger partial charge in [0.15, 0.2) is 0 Å². The zero-order chi connectivity index (χ0) is 22.0. The minimum atomic E-state index is -0.397. The van der Waals surface area contributed by atoms with Gasteiger partial charge >= 0.3 is 0 Å². The number of hydrazone groups is 1. The van der Waals surface area contributed by atoms with E-state index >= 15 is 0 Å². The van der Waals surface area contributed by atoms with E-state index in [0.29, 0.717) is 33.4 Å². The van der Waals surface area contributed by atoms with Crippen LogP contribution in [0, 0.1) is 6.92 Å². The average Bonchev–Trinajstić information content (AvgIpc) is 2.78. The van der Waals surface area contributed by atoms with E-state index in [2.05, 4.69) is 10.5 Å². The Balaban J connectivity index is 1.71. The molecule has 6 heteroatoms. The van der Waals surface area contributed by atoms with Crippen LogP contribution in [-0.2, 0) is 0 Å². The monoisotopic (exact) mass is 411 g/mol. The maximum Gasteiger partial charge on any atom is 0.272 e. The molecular formula is C25H21N3O3. The summed E-state index contributed by atoms with van der Waals surface area (Å²) in [6.07, 6.45) is 0. The molecule has 0 aliphatic rings. The maximum atomic E-state index is 13.0. The first kappa shape index (κ1) is 20.1. The van der Waals surface area contributed by atoms with Crippen molar-refractivity contribution in [2.75, 3.05) is 0 Å². The van der Waals surface area contributed by atoms with Crippen molar-refractivity contribution in [3.05, 3.63) is 89.5 Å². The lowest BCUT2D eigenvalue weighted by Gasteiger charge is -2.10. The Hall–Kier alpha value is -4.19. The zero-order valence-electron chi connectivity index (χ0n) is 17.1. The second kappa shape index (κ2) is 8.28. The van der Waals surface area contributed by atoms with E-state index in [4.69, 9.17) is 4.98 Å². The normalized spacial score (nSPS) is 11.5. The first-order valence-corrected chi connectivity index (χ1v) is 9.76. The predicted molar refractivity (Wildman–Crippen MR) is 121 cm³/mol. The summed E-state index contributed by atoms with van der Waals surface area (Å²) in [5, 5.41) is 24.5. The highest BCUT2D eigenvalue weighted by atomic mass is 16.3. The first-order chi connectivity index (χ1) is 14.9. The van der Waals surface area contributed by atoms with Crippen LogP contribution in [0.2, 0.25) is 0 Å². The topological polar surface area (TPSA) is 94.8 Å². The number of carbonyl (C=O) groups excluding carboxylic acids is 1. The highest BCUT2D eigenvalue weighted by molar-refractivity contribution is 6.08. The summed E-state index contributed by atoms with van der Waals surface area (Å²) >= 11 is 0. The standard InChI is InChI=1S/C25H21N3O3/c1-15-7-9-17(10-8-15)23-14-21(19-5-3-4-6-22(19)26-23)25(31)28-27-16(2)20-13-18(29)11-12-24(20)30/h3-14,29-30H,1-2H3,(H,28,31)/b27-16+. The molecule has 31 heavy (non-hydrogen) atoms. The van der Waals surface area contributed by atoms with Crippen LogP contribution in [0.15, 0.2) is 77.9 Å². The van der Waals surface area contributed by atoms with Gasteiger partial charge in [-0.25, -0.2) is 10.4 Å². The van der Waals surface area contributed by atoms with Crippen LogP contribution in [-0.4, -0.2) is 26.8 Å². The molecule has 0 fully saturated rings. The van der Waals surface area contributed by atoms with Crippen LogP contribution in [0.4, 0.5) is 0 Å². The SMILES string of the molecule is C/C(=N\NC(=O)c1cc(-c2ccc(C)cc2)nc2ccccc12)c1cc(O)ccc1O. The Labute approximate surface area is 179 Å². The molecule has 4 rings (SSSR count). The molecule has 0 bridgehead atoms. The van der Waals surface area contributed by atoms with Gasteiger partial charge in [-0.2, -0.15) is 5.10 Å². The van der Waals surface area contributed by atoms with Gasteiger partial charge in [-0.05, 0) is 44.2 Å². The van der Waals surface area contributed by atoms with E-state index < -0.39 is 5.91 Å². The Kier molecular flexibility index (Phi) is 5.37. The Morgan fingerprint density at radius 2 is 1.68 bits per heavy atom. The molecule has 0 aliphatic heterocycles. The Morgan fingerprint density at radius 3 is 2.45 bits per heavy atom. The molecule has 1 amide bonds. The summed E-state index contributed by atoms with van der Waals surface area (Å²) in [5.74, 6) is -0.438. The van der Waals surface area contributed by atoms with E-state index in [9.17, 15) is 15.0 Å². The number of aromatic hydroxyl groups is 2. The lowest BCUT2D eigenvalue weighted by atomic mass is 10.0. The summed E-state index contributed by atoms with van der Waals surface area (Å²) < 4.78 is 0. The summed E-state index contributed by atoms with van der Waals surface area (Å²) in [6, 6.07) is 21.3. The van der Waals surface area contributed by atoms with Crippen molar-refractivity contribution in [3.8, 4) is 22.8 Å². The number of phenols is 2. The summed E-state index contributed by atoms with van der Waals surface area (Å²) in [6.45, 7) is 3.65. The number of pyridine rings is 1. The molecule has 3 N–H and O–H groups in total. The number of nitrogens with zero attached hydrogens (tertiary/aromatic N) is 2. The number of aromatic nitrogens is 1. The number of aryl methyl sites for hydroxylation is 1. The molecule has 0 atom stereocenters. The van der Waals surface area contributed by atoms with Crippen molar-refractivity contribution < 1.29 is 15.0 Å². The number of phenolic OH excluding ortho intramolecular Hbond substituents is 2. The van der Waals surface area contributed by atoms with Crippen LogP contribution >= 0.6 is 0 Å². The molecule has 4 aromatic rings. The molecule has 0 radical (unpaired) electrons. The smallest absolute Gasteiger partial charge is 0.272 e. The Morgan fingerprint density at radius 1 is 0.935 bits per heavy atom. The van der Waals surface area contributed by atoms with E-state index in [-0.39, 0.29) is 11.5 Å². The maximum absolute atomic E-state index is 13.0. The fourth-order valence-electron chi connectivity index (χ4n) is 3.30. The van der Waals surface area contributed by atoms with Crippen LogP contribution in [0.5, 0.6) is 11.5 Å². The third kappa shape index (κ3) is 4.23. The molecule has 0 unspecified atom stereocenters. The first-order valence-electron chi connectivity index (χ1n) is 9.76. The third-order valence-corrected chi connectivity index (χ3v) is 5.00. The van der Waals surface area contributed by atoms with Crippen molar-refractivity contribution >= 4 is 22.5 Å². The van der Waals surface area contributed by atoms with E-state index in [0.717, 1.165) is 11.1 Å². The van der Waals surface area contributed by atoms with E-state index in [1.165, 1.54) is 18.2 Å². The van der Waals surface area contributed by atoms with Gasteiger partial charge < -0.3 is 10.2 Å². The van der Waals surface area contributed by atoms with Crippen molar-refractivity contribution in [1.29, 1.82) is 0 Å². The predicted octanol–water partition coefficient (Wildman–Crippen LogP) is 4.78. The van der Waals surface area contributed by atoms with Gasteiger partial charge in [-0.1, -0.05) is 48.0 Å². The number of amides is 1. The number of carbonyl (C=O) groups is 1. The van der Waals surface area contributed by atoms with Gasteiger partial charge in [0.25, 0.3) is 5.91 Å². The molecule has 6 nitrogen and oxygen atoms in total. The van der Waals surface area contributed by atoms with Gasteiger partial charge in [-0.15, -0.1) is 0 Å². The number of rotatable bonds is 4. The molecule has 1 heterocycles. The highest BCUT2D eigenvalue weighted by Gasteiger charge is 2.14. The van der Waals surface area contributed by atoms with Gasteiger partial charge in [-0.3, -0.25) is 4.79 Å².